The molecule has 100 valence electrons. The molecule has 0 unspecified atom stereocenters. The van der Waals surface area contributed by atoms with Crippen LogP contribution in [0.3, 0.4) is 0 Å². The van der Waals surface area contributed by atoms with E-state index in [4.69, 9.17) is 4.74 Å². The van der Waals surface area contributed by atoms with E-state index in [1.165, 1.54) is 64.7 Å². The van der Waals surface area contributed by atoms with Crippen molar-refractivity contribution in [2.45, 2.75) is 84.2 Å². The Morgan fingerprint density at radius 2 is 1.35 bits per heavy atom. The first-order valence-electron chi connectivity index (χ1n) is 7.37. The molecule has 0 N–H and O–H groups in total. The van der Waals surface area contributed by atoms with Crippen LogP contribution in [0.25, 0.3) is 0 Å². The zero-order valence-electron chi connectivity index (χ0n) is 11.5. The third kappa shape index (κ3) is 6.70. The second kappa shape index (κ2) is 8.54. The number of hydrogen-bond donors (Lipinski definition) is 0. The fourth-order valence-electron chi connectivity index (χ4n) is 2.73. The highest BCUT2D eigenvalue weighted by molar-refractivity contribution is 5.66. The van der Waals surface area contributed by atoms with Crippen LogP contribution in [0.15, 0.2) is 0 Å². The first-order valence-corrected chi connectivity index (χ1v) is 7.37. The molecule has 0 aromatic rings. The van der Waals surface area contributed by atoms with E-state index in [1.54, 1.807) is 0 Å². The summed E-state index contributed by atoms with van der Waals surface area (Å²) in [6.07, 6.45) is 13.1. The average molecular weight is 240 g/mol. The van der Waals surface area contributed by atoms with Crippen LogP contribution in [0.1, 0.15) is 78.1 Å². The minimum Gasteiger partial charge on any atom is -0.462 e. The van der Waals surface area contributed by atoms with Gasteiger partial charge < -0.3 is 4.74 Å². The predicted molar refractivity (Wildman–Crippen MR) is 70.9 cm³/mol. The van der Waals surface area contributed by atoms with Gasteiger partial charge in [-0.1, -0.05) is 51.9 Å². The summed E-state index contributed by atoms with van der Waals surface area (Å²) in [5.74, 6) is 0.410. The number of hydrogen-bond acceptors (Lipinski definition) is 2. The zero-order valence-corrected chi connectivity index (χ0v) is 11.5. The highest BCUT2D eigenvalue weighted by Gasteiger charge is 2.19. The predicted octanol–water partition coefficient (Wildman–Crippen LogP) is 4.47. The maximum Gasteiger partial charge on any atom is 0.302 e. The Bertz CT molecular complexity index is 213. The van der Waals surface area contributed by atoms with Crippen LogP contribution >= 0.6 is 0 Å². The Balaban J connectivity index is 2.41. The average Bonchev–Trinajstić information content (AvgIpc) is 2.27. The molecular weight excluding hydrogens is 212 g/mol. The Kier molecular flexibility index (Phi) is 7.30. The molecule has 0 radical (unpaired) electrons. The van der Waals surface area contributed by atoms with Gasteiger partial charge in [0.25, 0.3) is 0 Å². The molecule has 0 amide bonds. The van der Waals surface area contributed by atoms with Crippen molar-refractivity contribution < 1.29 is 9.53 Å². The summed E-state index contributed by atoms with van der Waals surface area (Å²) in [4.78, 5) is 11.1. The number of carbonyl (C=O) groups is 1. The molecule has 0 heterocycles. The summed E-state index contributed by atoms with van der Waals surface area (Å²) in [7, 11) is 0. The van der Waals surface area contributed by atoms with Crippen molar-refractivity contribution in [1.82, 2.24) is 0 Å². The zero-order chi connectivity index (χ0) is 12.5. The molecule has 1 saturated carbocycles. The van der Waals surface area contributed by atoms with Crippen LogP contribution < -0.4 is 0 Å². The summed E-state index contributed by atoms with van der Waals surface area (Å²) in [5.41, 5.74) is 0. The molecule has 0 spiro atoms. The largest absolute Gasteiger partial charge is 0.462 e. The third-order valence-corrected chi connectivity index (χ3v) is 3.85. The summed E-state index contributed by atoms with van der Waals surface area (Å²) in [5, 5.41) is 0. The van der Waals surface area contributed by atoms with E-state index < -0.39 is 0 Å². The minimum atomic E-state index is -0.117. The van der Waals surface area contributed by atoms with Crippen molar-refractivity contribution >= 4 is 5.97 Å². The van der Waals surface area contributed by atoms with Crippen LogP contribution in [0.5, 0.6) is 0 Å². The summed E-state index contributed by atoms with van der Waals surface area (Å²) in [6, 6.07) is 0. The van der Waals surface area contributed by atoms with Gasteiger partial charge in [-0.05, 0) is 25.2 Å². The molecule has 1 fully saturated rings. The molecule has 1 aliphatic rings. The number of carbonyl (C=O) groups excluding carboxylic acids is 1. The molecule has 0 aromatic heterocycles. The van der Waals surface area contributed by atoms with Crippen LogP contribution in [0.2, 0.25) is 0 Å². The summed E-state index contributed by atoms with van der Waals surface area (Å²) >= 11 is 0. The molecule has 2 atom stereocenters. The van der Waals surface area contributed by atoms with Crippen molar-refractivity contribution in [1.29, 1.82) is 0 Å². The van der Waals surface area contributed by atoms with Gasteiger partial charge in [0.15, 0.2) is 0 Å². The molecule has 2 nitrogen and oxygen atoms in total. The van der Waals surface area contributed by atoms with Gasteiger partial charge in [0.2, 0.25) is 0 Å². The van der Waals surface area contributed by atoms with E-state index >= 15 is 0 Å². The van der Waals surface area contributed by atoms with Crippen LogP contribution in [-0.2, 0) is 9.53 Å². The van der Waals surface area contributed by atoms with Crippen LogP contribution in [0, 0.1) is 5.92 Å². The Labute approximate surface area is 106 Å². The normalized spacial score (nSPS) is 28.8. The maximum absolute atomic E-state index is 11.1. The standard InChI is InChI=1S/C15H28O2/c1-13-11-9-7-5-3-4-6-8-10-12-15(13)17-14(2)16/h13,15H,3-12H2,1-2H3/t13-,15-/m1/s1. The Morgan fingerprint density at radius 3 is 1.88 bits per heavy atom. The molecule has 0 bridgehead atoms. The topological polar surface area (TPSA) is 26.3 Å². The van der Waals surface area contributed by atoms with Gasteiger partial charge in [0, 0.05) is 6.92 Å². The van der Waals surface area contributed by atoms with E-state index in [9.17, 15) is 4.79 Å². The fraction of sp³-hybridized carbons (Fsp3) is 0.933. The third-order valence-electron chi connectivity index (χ3n) is 3.85. The second-order valence-corrected chi connectivity index (χ2v) is 5.53. The first-order chi connectivity index (χ1) is 8.20. The number of ether oxygens (including phenoxy) is 1. The minimum absolute atomic E-state index is 0.117. The van der Waals surface area contributed by atoms with Gasteiger partial charge in [0.05, 0.1) is 0 Å². The van der Waals surface area contributed by atoms with Crippen molar-refractivity contribution in [3.63, 3.8) is 0 Å². The SMILES string of the molecule is CC(=O)O[C@@H]1CCCCCCCCCC[C@H]1C. The molecule has 1 rings (SSSR count). The highest BCUT2D eigenvalue weighted by Crippen LogP contribution is 2.23. The van der Waals surface area contributed by atoms with E-state index in [-0.39, 0.29) is 12.1 Å². The van der Waals surface area contributed by atoms with Crippen molar-refractivity contribution in [2.75, 3.05) is 0 Å². The Hall–Kier alpha value is -0.530. The van der Waals surface area contributed by atoms with Gasteiger partial charge in [-0.3, -0.25) is 4.79 Å². The van der Waals surface area contributed by atoms with Crippen molar-refractivity contribution in [3.8, 4) is 0 Å². The quantitative estimate of drug-likeness (QED) is 0.632. The van der Waals surface area contributed by atoms with Gasteiger partial charge in [-0.25, -0.2) is 0 Å². The second-order valence-electron chi connectivity index (χ2n) is 5.53. The highest BCUT2D eigenvalue weighted by atomic mass is 16.5. The van der Waals surface area contributed by atoms with E-state index in [2.05, 4.69) is 6.92 Å². The molecular formula is C15H28O2. The monoisotopic (exact) mass is 240 g/mol. The van der Waals surface area contributed by atoms with E-state index in [0.29, 0.717) is 5.92 Å². The first kappa shape index (κ1) is 14.5. The van der Waals surface area contributed by atoms with E-state index in [1.807, 2.05) is 0 Å². The number of rotatable bonds is 1. The lowest BCUT2D eigenvalue weighted by molar-refractivity contribution is -0.149. The summed E-state index contributed by atoms with van der Waals surface area (Å²) < 4.78 is 5.47. The lowest BCUT2D eigenvalue weighted by Gasteiger charge is -2.24. The molecule has 17 heavy (non-hydrogen) atoms. The van der Waals surface area contributed by atoms with Crippen molar-refractivity contribution in [3.05, 3.63) is 0 Å². The van der Waals surface area contributed by atoms with E-state index in [0.717, 1.165) is 6.42 Å². The Morgan fingerprint density at radius 1 is 0.882 bits per heavy atom. The molecule has 1 aliphatic carbocycles. The fourth-order valence-corrected chi connectivity index (χ4v) is 2.73. The van der Waals surface area contributed by atoms with Gasteiger partial charge in [-0.2, -0.15) is 0 Å². The summed E-state index contributed by atoms with van der Waals surface area (Å²) in [6.45, 7) is 3.77. The van der Waals surface area contributed by atoms with Gasteiger partial charge in [0.1, 0.15) is 6.10 Å². The maximum atomic E-state index is 11.1. The smallest absolute Gasteiger partial charge is 0.302 e. The van der Waals surface area contributed by atoms with Crippen molar-refractivity contribution in [2.24, 2.45) is 5.92 Å². The lowest BCUT2D eigenvalue weighted by atomic mass is 9.92. The lowest BCUT2D eigenvalue weighted by Crippen LogP contribution is -2.24. The van der Waals surface area contributed by atoms with Gasteiger partial charge >= 0.3 is 5.97 Å². The number of esters is 1. The molecule has 0 aliphatic heterocycles. The van der Waals surface area contributed by atoms with Crippen LogP contribution in [0.4, 0.5) is 0 Å². The molecule has 0 aromatic carbocycles. The molecule has 2 heteroatoms. The van der Waals surface area contributed by atoms with Crippen LogP contribution in [-0.4, -0.2) is 12.1 Å². The van der Waals surface area contributed by atoms with Gasteiger partial charge in [-0.15, -0.1) is 0 Å². The molecule has 0 saturated heterocycles.